The van der Waals surface area contributed by atoms with E-state index in [-0.39, 0.29) is 0 Å². The third kappa shape index (κ3) is 5.15. The maximum absolute atomic E-state index is 10.8. The van der Waals surface area contributed by atoms with Crippen molar-refractivity contribution in [2.75, 3.05) is 24.7 Å². The van der Waals surface area contributed by atoms with Gasteiger partial charge in [-0.3, -0.25) is 9.36 Å². The number of pyridine rings is 3. The number of benzene rings is 1. The van der Waals surface area contributed by atoms with Crippen LogP contribution in [0.5, 0.6) is 0 Å². The molecule has 0 radical (unpaired) electrons. The number of carbonyl (C=O) groups is 1. The molecule has 0 fully saturated rings. The van der Waals surface area contributed by atoms with Crippen molar-refractivity contribution in [2.24, 2.45) is 5.73 Å². The molecule has 1 amide bonds. The van der Waals surface area contributed by atoms with Gasteiger partial charge in [0, 0.05) is 50.1 Å². The molecule has 0 saturated carbocycles. The average Bonchev–Trinajstić information content (AvgIpc) is 3.77. The van der Waals surface area contributed by atoms with Crippen LogP contribution in [0.2, 0.25) is 0 Å². The number of nitrogen functional groups attached to an aromatic ring is 1. The molecule has 5 aromatic heterocycles. The van der Waals surface area contributed by atoms with Crippen LogP contribution in [0.25, 0.3) is 34.1 Å². The Morgan fingerprint density at radius 1 is 0.905 bits per heavy atom. The highest BCUT2D eigenvalue weighted by molar-refractivity contribution is 5.93. The molecule has 0 bridgehead atoms. The predicted molar refractivity (Wildman–Crippen MR) is 163 cm³/mol. The van der Waals surface area contributed by atoms with Gasteiger partial charge in [0.15, 0.2) is 17.3 Å². The number of primary amides is 1. The third-order valence-electron chi connectivity index (χ3n) is 7.14. The molecule has 42 heavy (non-hydrogen) atoms. The van der Waals surface area contributed by atoms with Gasteiger partial charge >= 0.3 is 0 Å². The number of nitrogens with zero attached hydrogens (tertiary/aromatic N) is 8. The van der Waals surface area contributed by atoms with Crippen LogP contribution in [0.15, 0.2) is 85.5 Å². The number of nitrogens with two attached hydrogens (primary N) is 2. The van der Waals surface area contributed by atoms with E-state index < -0.39 is 5.91 Å². The van der Waals surface area contributed by atoms with Crippen molar-refractivity contribution in [1.29, 1.82) is 0 Å². The second kappa shape index (κ2) is 11.1. The van der Waals surface area contributed by atoms with Crippen molar-refractivity contribution in [3.8, 4) is 22.9 Å². The minimum Gasteiger partial charge on any atom is -0.383 e. The Balaban J connectivity index is 0.000000223. The van der Waals surface area contributed by atoms with Crippen LogP contribution >= 0.6 is 0 Å². The lowest BCUT2D eigenvalue weighted by Gasteiger charge is -2.12. The van der Waals surface area contributed by atoms with E-state index in [2.05, 4.69) is 37.8 Å². The standard InChI is InChI=1S/C23H19N7.C8H11N3O/c24-21-18(6-2-11-25-21)22-27-19-9-10-20(29-13-3-12-26-29)28-23(19)30(22)17-8-7-15-4-1-5-16(15)14-17;1-11(2)7-5-6(8(9)12)3-4-10-7/h2-3,6-14H,1,4-5H2,(H2,24,25);3-5H,1-2H3,(H2,9,12). The highest BCUT2D eigenvalue weighted by Crippen LogP contribution is 2.32. The van der Waals surface area contributed by atoms with E-state index in [1.165, 1.54) is 17.5 Å². The number of anilines is 2. The lowest BCUT2D eigenvalue weighted by Crippen LogP contribution is -2.14. The van der Waals surface area contributed by atoms with Crippen LogP contribution in [0.3, 0.4) is 0 Å². The number of rotatable bonds is 5. The summed E-state index contributed by atoms with van der Waals surface area (Å²) < 4.78 is 3.83. The van der Waals surface area contributed by atoms with Gasteiger partial charge in [-0.2, -0.15) is 5.10 Å². The molecule has 0 unspecified atom stereocenters. The van der Waals surface area contributed by atoms with Crippen LogP contribution in [0.1, 0.15) is 27.9 Å². The molecule has 6 aromatic rings. The van der Waals surface area contributed by atoms with Crippen LogP contribution in [-0.4, -0.2) is 54.3 Å². The molecular formula is C31H30N10O. The summed E-state index contributed by atoms with van der Waals surface area (Å²) in [5.41, 5.74) is 18.0. The Bertz CT molecular complexity index is 1890. The number of carbonyl (C=O) groups excluding carboxylic acids is 1. The van der Waals surface area contributed by atoms with Gasteiger partial charge in [-0.15, -0.1) is 0 Å². The van der Waals surface area contributed by atoms with Crippen molar-refractivity contribution in [2.45, 2.75) is 19.3 Å². The van der Waals surface area contributed by atoms with Gasteiger partial charge < -0.3 is 16.4 Å². The van der Waals surface area contributed by atoms with E-state index in [0.717, 1.165) is 52.7 Å². The van der Waals surface area contributed by atoms with Crippen molar-refractivity contribution in [3.63, 3.8) is 0 Å². The van der Waals surface area contributed by atoms with Crippen LogP contribution < -0.4 is 16.4 Å². The number of aromatic nitrogens is 7. The Kier molecular flexibility index (Phi) is 7.05. The highest BCUT2D eigenvalue weighted by atomic mass is 16.1. The van der Waals surface area contributed by atoms with Crippen molar-refractivity contribution in [1.82, 2.24) is 34.3 Å². The van der Waals surface area contributed by atoms with E-state index in [1.807, 2.05) is 55.5 Å². The molecule has 210 valence electrons. The Labute approximate surface area is 242 Å². The molecule has 0 aliphatic heterocycles. The molecule has 1 aromatic carbocycles. The summed E-state index contributed by atoms with van der Waals surface area (Å²) in [7, 11) is 3.71. The molecule has 0 saturated heterocycles. The van der Waals surface area contributed by atoms with E-state index in [9.17, 15) is 4.79 Å². The maximum atomic E-state index is 10.8. The summed E-state index contributed by atoms with van der Waals surface area (Å²) in [5.74, 6) is 2.22. The number of amides is 1. The summed E-state index contributed by atoms with van der Waals surface area (Å²) in [4.78, 5) is 30.7. The Morgan fingerprint density at radius 3 is 2.52 bits per heavy atom. The van der Waals surface area contributed by atoms with Gasteiger partial charge in [0.05, 0.1) is 5.56 Å². The normalized spacial score (nSPS) is 12.0. The lowest BCUT2D eigenvalue weighted by atomic mass is 10.1. The molecule has 11 heteroatoms. The highest BCUT2D eigenvalue weighted by Gasteiger charge is 2.20. The van der Waals surface area contributed by atoms with E-state index in [4.69, 9.17) is 21.4 Å². The van der Waals surface area contributed by atoms with Crippen molar-refractivity contribution in [3.05, 3.63) is 102 Å². The summed E-state index contributed by atoms with van der Waals surface area (Å²) in [5, 5.41) is 4.32. The number of imidazole rings is 1. The van der Waals surface area contributed by atoms with Gasteiger partial charge in [-0.1, -0.05) is 6.07 Å². The summed E-state index contributed by atoms with van der Waals surface area (Å²) >= 11 is 0. The first-order valence-electron chi connectivity index (χ1n) is 13.5. The predicted octanol–water partition coefficient (Wildman–Crippen LogP) is 3.99. The SMILES string of the molecule is CN(C)c1cc(C(N)=O)ccn1.Nc1ncccc1-c1nc2ccc(-n3cccn3)nc2n1-c1ccc2c(c1)CCC2. The van der Waals surface area contributed by atoms with Gasteiger partial charge in [-0.05, 0) is 85.0 Å². The first kappa shape index (κ1) is 26.6. The monoisotopic (exact) mass is 558 g/mol. The zero-order valence-electron chi connectivity index (χ0n) is 23.3. The zero-order chi connectivity index (χ0) is 29.2. The Morgan fingerprint density at radius 2 is 1.76 bits per heavy atom. The second-order valence-electron chi connectivity index (χ2n) is 10.1. The fraction of sp³-hybridized carbons (Fsp3) is 0.161. The molecular weight excluding hydrogens is 528 g/mol. The number of fused-ring (bicyclic) bond motifs is 2. The lowest BCUT2D eigenvalue weighted by molar-refractivity contribution is 0.1000. The van der Waals surface area contributed by atoms with Crippen LogP contribution in [-0.2, 0) is 12.8 Å². The number of hydrogen-bond acceptors (Lipinski definition) is 8. The topological polar surface area (TPSA) is 147 Å². The molecule has 1 aliphatic carbocycles. The molecule has 11 nitrogen and oxygen atoms in total. The third-order valence-corrected chi connectivity index (χ3v) is 7.14. The fourth-order valence-electron chi connectivity index (χ4n) is 5.02. The molecule has 1 aliphatic rings. The maximum Gasteiger partial charge on any atom is 0.248 e. The van der Waals surface area contributed by atoms with Crippen LogP contribution in [0.4, 0.5) is 11.6 Å². The van der Waals surface area contributed by atoms with Gasteiger partial charge in [-0.25, -0.2) is 24.6 Å². The van der Waals surface area contributed by atoms with E-state index in [0.29, 0.717) is 11.4 Å². The van der Waals surface area contributed by atoms with Gasteiger partial charge in [0.1, 0.15) is 17.2 Å². The van der Waals surface area contributed by atoms with Crippen molar-refractivity contribution < 1.29 is 4.79 Å². The molecule has 7 rings (SSSR count). The molecule has 5 heterocycles. The van der Waals surface area contributed by atoms with E-state index >= 15 is 0 Å². The first-order chi connectivity index (χ1) is 20.4. The van der Waals surface area contributed by atoms with Gasteiger partial charge in [0.2, 0.25) is 5.91 Å². The fourth-order valence-corrected chi connectivity index (χ4v) is 5.02. The summed E-state index contributed by atoms with van der Waals surface area (Å²) in [6.45, 7) is 0. The van der Waals surface area contributed by atoms with Gasteiger partial charge in [0.25, 0.3) is 0 Å². The Hall–Kier alpha value is -5.58. The molecule has 0 atom stereocenters. The second-order valence-corrected chi connectivity index (χ2v) is 10.1. The largest absolute Gasteiger partial charge is 0.383 e. The zero-order valence-corrected chi connectivity index (χ0v) is 23.3. The molecule has 4 N–H and O–H groups in total. The quantitative estimate of drug-likeness (QED) is 0.323. The minimum atomic E-state index is -0.430. The summed E-state index contributed by atoms with van der Waals surface area (Å²) in [6, 6.07) is 19.5. The summed E-state index contributed by atoms with van der Waals surface area (Å²) in [6.07, 6.45) is 10.3. The van der Waals surface area contributed by atoms with E-state index in [1.54, 1.807) is 35.4 Å². The number of hydrogen-bond donors (Lipinski definition) is 2. The van der Waals surface area contributed by atoms with Crippen LogP contribution in [0, 0.1) is 0 Å². The molecule has 0 spiro atoms. The number of aryl methyl sites for hydroxylation is 2. The average molecular weight is 559 g/mol. The van der Waals surface area contributed by atoms with Crippen molar-refractivity contribution >= 4 is 28.7 Å². The minimum absolute atomic E-state index is 0.430. The smallest absolute Gasteiger partial charge is 0.248 e. The first-order valence-corrected chi connectivity index (χ1v) is 13.5.